The van der Waals surface area contributed by atoms with E-state index in [9.17, 15) is 14.7 Å². The third kappa shape index (κ3) is 5.16. The molecule has 0 aromatic heterocycles. The van der Waals surface area contributed by atoms with Crippen molar-refractivity contribution >= 4 is 17.5 Å². The molecule has 0 saturated heterocycles. The lowest BCUT2D eigenvalue weighted by molar-refractivity contribution is -0.131. The van der Waals surface area contributed by atoms with Crippen LogP contribution < -0.4 is 4.74 Å². The average Bonchev–Trinajstić information content (AvgIpc) is 2.73. The van der Waals surface area contributed by atoms with Gasteiger partial charge in [-0.15, -0.1) is 0 Å². The summed E-state index contributed by atoms with van der Waals surface area (Å²) in [6.45, 7) is 3.33. The molecule has 1 N–H and O–H groups in total. The zero-order chi connectivity index (χ0) is 21.7. The Bertz CT molecular complexity index is 950. The van der Waals surface area contributed by atoms with E-state index in [4.69, 9.17) is 9.47 Å². The van der Waals surface area contributed by atoms with Gasteiger partial charge in [0.2, 0.25) is 0 Å². The highest BCUT2D eigenvalue weighted by molar-refractivity contribution is 5.91. The van der Waals surface area contributed by atoms with Crippen LogP contribution in [0.2, 0.25) is 0 Å². The van der Waals surface area contributed by atoms with Crippen LogP contribution in [0.3, 0.4) is 0 Å². The van der Waals surface area contributed by atoms with Gasteiger partial charge in [0.05, 0.1) is 18.3 Å². The maximum absolute atomic E-state index is 11.8. The first kappa shape index (κ1) is 21.8. The molecule has 0 atom stereocenters. The summed E-state index contributed by atoms with van der Waals surface area (Å²) in [5.41, 5.74) is 2.85. The van der Waals surface area contributed by atoms with Crippen LogP contribution in [-0.4, -0.2) is 29.8 Å². The molecule has 1 aliphatic carbocycles. The number of esters is 2. The molecule has 5 heteroatoms. The topological polar surface area (TPSA) is 72.8 Å². The van der Waals surface area contributed by atoms with Crippen molar-refractivity contribution in [2.45, 2.75) is 51.6 Å². The molecule has 0 bridgehead atoms. The van der Waals surface area contributed by atoms with Gasteiger partial charge in [0.15, 0.2) is 0 Å². The highest BCUT2D eigenvalue weighted by Crippen LogP contribution is 2.38. The van der Waals surface area contributed by atoms with Crippen molar-refractivity contribution in [1.82, 2.24) is 0 Å². The number of aryl methyl sites for hydroxylation is 1. The van der Waals surface area contributed by atoms with E-state index in [2.05, 4.69) is 0 Å². The number of carbonyl (C=O) groups excluding carboxylic acids is 2. The number of ether oxygens (including phenoxy) is 2. The number of methoxy groups -OCH3 is 1. The van der Waals surface area contributed by atoms with E-state index in [1.54, 1.807) is 18.2 Å². The Morgan fingerprint density at radius 2 is 1.63 bits per heavy atom. The van der Waals surface area contributed by atoms with Crippen molar-refractivity contribution < 1.29 is 24.2 Å². The van der Waals surface area contributed by atoms with Gasteiger partial charge in [0.1, 0.15) is 5.75 Å². The van der Waals surface area contributed by atoms with Crippen LogP contribution in [0.1, 0.15) is 66.1 Å². The van der Waals surface area contributed by atoms with Gasteiger partial charge in [-0.05, 0) is 61.2 Å². The van der Waals surface area contributed by atoms with Crippen molar-refractivity contribution in [3.05, 3.63) is 70.8 Å². The number of rotatable bonds is 5. The van der Waals surface area contributed by atoms with E-state index in [0.717, 1.165) is 41.5 Å². The van der Waals surface area contributed by atoms with E-state index in [0.29, 0.717) is 24.2 Å². The van der Waals surface area contributed by atoms with Gasteiger partial charge in [-0.2, -0.15) is 0 Å². The molecule has 1 aliphatic rings. The summed E-state index contributed by atoms with van der Waals surface area (Å²) < 4.78 is 10.3. The maximum Gasteiger partial charge on any atom is 0.337 e. The predicted octanol–water partition coefficient (Wildman–Crippen LogP) is 4.83. The van der Waals surface area contributed by atoms with Crippen molar-refractivity contribution in [2.24, 2.45) is 0 Å². The summed E-state index contributed by atoms with van der Waals surface area (Å²) in [7, 11) is 1.35. The first-order chi connectivity index (χ1) is 14.3. The molecule has 5 nitrogen and oxygen atoms in total. The second-order valence-electron chi connectivity index (χ2n) is 7.88. The third-order valence-corrected chi connectivity index (χ3v) is 5.43. The fourth-order valence-corrected chi connectivity index (χ4v) is 3.90. The summed E-state index contributed by atoms with van der Waals surface area (Å²) >= 11 is 0. The van der Waals surface area contributed by atoms with E-state index >= 15 is 0 Å². The van der Waals surface area contributed by atoms with Gasteiger partial charge < -0.3 is 14.6 Å². The van der Waals surface area contributed by atoms with Gasteiger partial charge in [0, 0.05) is 12.5 Å². The van der Waals surface area contributed by atoms with Crippen LogP contribution in [0.5, 0.6) is 5.75 Å². The molecule has 0 heterocycles. The van der Waals surface area contributed by atoms with Crippen molar-refractivity contribution in [3.63, 3.8) is 0 Å². The van der Waals surface area contributed by atoms with Gasteiger partial charge in [-0.25, -0.2) is 4.79 Å². The number of hydrogen-bond donors (Lipinski definition) is 1. The quantitative estimate of drug-likeness (QED) is 0.566. The zero-order valence-electron chi connectivity index (χ0n) is 17.7. The van der Waals surface area contributed by atoms with Crippen molar-refractivity contribution in [1.29, 1.82) is 0 Å². The van der Waals surface area contributed by atoms with E-state index in [-0.39, 0.29) is 0 Å². The van der Waals surface area contributed by atoms with Crippen LogP contribution in [0, 0.1) is 6.92 Å². The first-order valence-corrected chi connectivity index (χ1v) is 10.2. The lowest BCUT2D eigenvalue weighted by Crippen LogP contribution is -2.29. The molecule has 2 aromatic rings. The second kappa shape index (κ2) is 9.26. The molecule has 1 saturated carbocycles. The average molecular weight is 408 g/mol. The van der Waals surface area contributed by atoms with Crippen LogP contribution in [0.25, 0.3) is 5.57 Å². The van der Waals surface area contributed by atoms with Crippen LogP contribution >= 0.6 is 0 Å². The summed E-state index contributed by atoms with van der Waals surface area (Å²) in [4.78, 5) is 23.5. The largest absolute Gasteiger partial charge is 0.465 e. The first-order valence-electron chi connectivity index (χ1n) is 10.2. The maximum atomic E-state index is 11.8. The normalized spacial score (nSPS) is 16.1. The fourth-order valence-electron chi connectivity index (χ4n) is 3.90. The van der Waals surface area contributed by atoms with E-state index in [1.165, 1.54) is 14.0 Å². The summed E-state index contributed by atoms with van der Waals surface area (Å²) in [6.07, 6.45) is 6.30. The molecule has 1 fully saturated rings. The Morgan fingerprint density at radius 1 is 1.00 bits per heavy atom. The minimum Gasteiger partial charge on any atom is -0.465 e. The van der Waals surface area contributed by atoms with E-state index in [1.807, 2.05) is 37.3 Å². The summed E-state index contributed by atoms with van der Waals surface area (Å²) in [5.74, 6) is -0.373. The van der Waals surface area contributed by atoms with Gasteiger partial charge in [0.25, 0.3) is 0 Å². The highest BCUT2D eigenvalue weighted by atomic mass is 16.5. The molecular formula is C25H28O5. The van der Waals surface area contributed by atoms with Gasteiger partial charge >= 0.3 is 11.9 Å². The molecule has 0 radical (unpaired) electrons. The van der Waals surface area contributed by atoms with Crippen LogP contribution in [0.15, 0.2) is 48.5 Å². The molecule has 2 aromatic carbocycles. The highest BCUT2D eigenvalue weighted by Gasteiger charge is 2.28. The Kier molecular flexibility index (Phi) is 6.73. The number of carbonyl (C=O) groups is 2. The Balaban J connectivity index is 2.15. The third-order valence-electron chi connectivity index (χ3n) is 5.43. The van der Waals surface area contributed by atoms with Crippen LogP contribution in [-0.2, 0) is 9.53 Å². The zero-order valence-corrected chi connectivity index (χ0v) is 17.7. The second-order valence-corrected chi connectivity index (χ2v) is 7.88. The number of hydrogen-bond acceptors (Lipinski definition) is 5. The summed E-state index contributed by atoms with van der Waals surface area (Å²) in [5, 5.41) is 11.2. The van der Waals surface area contributed by atoms with Crippen molar-refractivity contribution in [3.8, 4) is 5.75 Å². The fraction of sp³-hybridized carbons (Fsp3) is 0.360. The summed E-state index contributed by atoms with van der Waals surface area (Å²) in [6, 6.07) is 12.6. The molecule has 0 aliphatic heterocycles. The lowest BCUT2D eigenvalue weighted by atomic mass is 9.81. The number of aliphatic hydroxyl groups is 1. The number of benzene rings is 2. The Hall–Kier alpha value is -2.92. The molecule has 3 rings (SSSR count). The van der Waals surface area contributed by atoms with Gasteiger partial charge in [-0.1, -0.05) is 43.0 Å². The minimum absolute atomic E-state index is 0.406. The molecule has 0 spiro atoms. The Labute approximate surface area is 177 Å². The van der Waals surface area contributed by atoms with Crippen molar-refractivity contribution in [2.75, 3.05) is 7.11 Å². The molecule has 158 valence electrons. The molecule has 0 unspecified atom stereocenters. The monoisotopic (exact) mass is 408 g/mol. The molecule has 30 heavy (non-hydrogen) atoms. The van der Waals surface area contributed by atoms with Crippen LogP contribution in [0.4, 0.5) is 0 Å². The standard InChI is InChI=1S/C25H28O5/c1-17-7-12-23(30-18(2)26)21(15-17)22(16-25(28)13-5-4-6-14-25)19-8-10-20(11-9-19)24(27)29-3/h7-12,15-16,28H,4-6,13-14H2,1-3H3/b22-16-. The molecular weight excluding hydrogens is 380 g/mol. The predicted molar refractivity (Wildman–Crippen MR) is 115 cm³/mol. The Morgan fingerprint density at radius 3 is 2.23 bits per heavy atom. The SMILES string of the molecule is COC(=O)c1ccc(/C(=C/C2(O)CCCCC2)c2cc(C)ccc2OC(C)=O)cc1. The molecule has 0 amide bonds. The minimum atomic E-state index is -0.925. The van der Waals surface area contributed by atoms with Gasteiger partial charge in [-0.3, -0.25) is 4.79 Å². The lowest BCUT2D eigenvalue weighted by Gasteiger charge is -2.30. The van der Waals surface area contributed by atoms with E-state index < -0.39 is 17.5 Å². The smallest absolute Gasteiger partial charge is 0.337 e.